The number of nitrogens with one attached hydrogen (secondary N) is 1. The SMILES string of the molecule is COC1CCC(C[C@H]2CC[C@H]([C@@H](O)c3cccc(F)c3)N2)CC1.Cl. The highest BCUT2D eigenvalue weighted by Gasteiger charge is 2.32. The van der Waals surface area contributed by atoms with E-state index in [-0.39, 0.29) is 24.3 Å². The molecule has 2 fully saturated rings. The van der Waals surface area contributed by atoms with Crippen molar-refractivity contribution >= 4 is 12.4 Å². The van der Waals surface area contributed by atoms with Crippen molar-refractivity contribution in [3.05, 3.63) is 35.6 Å². The van der Waals surface area contributed by atoms with Crippen molar-refractivity contribution < 1.29 is 14.2 Å². The maximum Gasteiger partial charge on any atom is 0.123 e. The predicted molar refractivity (Wildman–Crippen MR) is 95.9 cm³/mol. The van der Waals surface area contributed by atoms with E-state index in [0.29, 0.717) is 17.7 Å². The molecule has 5 heteroatoms. The zero-order chi connectivity index (χ0) is 16.2. The molecule has 1 aliphatic heterocycles. The molecule has 1 saturated carbocycles. The van der Waals surface area contributed by atoms with Gasteiger partial charge < -0.3 is 15.2 Å². The highest BCUT2D eigenvalue weighted by molar-refractivity contribution is 5.85. The molecule has 1 saturated heterocycles. The summed E-state index contributed by atoms with van der Waals surface area (Å²) >= 11 is 0. The van der Waals surface area contributed by atoms with Crippen LogP contribution in [0.4, 0.5) is 4.39 Å². The van der Waals surface area contributed by atoms with E-state index < -0.39 is 6.10 Å². The van der Waals surface area contributed by atoms with Gasteiger partial charge in [0.15, 0.2) is 0 Å². The normalized spacial score (nSPS) is 31.5. The Bertz CT molecular complexity index is 508. The lowest BCUT2D eigenvalue weighted by molar-refractivity contribution is 0.0538. The number of aliphatic hydroxyl groups is 1. The van der Waals surface area contributed by atoms with Crippen LogP contribution in [0.5, 0.6) is 0 Å². The summed E-state index contributed by atoms with van der Waals surface area (Å²) in [4.78, 5) is 0. The van der Waals surface area contributed by atoms with Crippen LogP contribution >= 0.6 is 12.4 Å². The molecule has 1 aromatic carbocycles. The second-order valence-electron chi connectivity index (χ2n) is 7.16. The largest absolute Gasteiger partial charge is 0.387 e. The summed E-state index contributed by atoms with van der Waals surface area (Å²) in [5.41, 5.74) is 0.670. The number of aliphatic hydroxyl groups excluding tert-OH is 1. The van der Waals surface area contributed by atoms with Gasteiger partial charge in [0.25, 0.3) is 0 Å². The number of hydrogen-bond donors (Lipinski definition) is 2. The van der Waals surface area contributed by atoms with E-state index in [4.69, 9.17) is 4.74 Å². The highest BCUT2D eigenvalue weighted by Crippen LogP contribution is 2.33. The minimum absolute atomic E-state index is 0. The summed E-state index contributed by atoms with van der Waals surface area (Å²) in [6.45, 7) is 0. The minimum Gasteiger partial charge on any atom is -0.387 e. The first kappa shape index (κ1) is 19.6. The third kappa shape index (κ3) is 4.92. The lowest BCUT2D eigenvalue weighted by atomic mass is 9.83. The molecule has 3 nitrogen and oxygen atoms in total. The van der Waals surface area contributed by atoms with Crippen LogP contribution in [0.1, 0.15) is 56.6 Å². The van der Waals surface area contributed by atoms with Crippen molar-refractivity contribution in [2.24, 2.45) is 5.92 Å². The molecular weight excluding hydrogens is 329 g/mol. The fraction of sp³-hybridized carbons (Fsp3) is 0.684. The Balaban J connectivity index is 0.00000208. The molecule has 0 spiro atoms. The summed E-state index contributed by atoms with van der Waals surface area (Å²) in [7, 11) is 1.81. The van der Waals surface area contributed by atoms with E-state index in [2.05, 4.69) is 5.32 Å². The monoisotopic (exact) mass is 357 g/mol. The van der Waals surface area contributed by atoms with Gasteiger partial charge >= 0.3 is 0 Å². The highest BCUT2D eigenvalue weighted by atomic mass is 35.5. The molecule has 3 atom stereocenters. The molecule has 24 heavy (non-hydrogen) atoms. The Kier molecular flexibility index (Phi) is 7.48. The van der Waals surface area contributed by atoms with E-state index >= 15 is 0 Å². The Morgan fingerprint density at radius 3 is 2.62 bits per heavy atom. The zero-order valence-corrected chi connectivity index (χ0v) is 15.1. The lowest BCUT2D eigenvalue weighted by Gasteiger charge is -2.29. The topological polar surface area (TPSA) is 41.5 Å². The molecule has 3 rings (SSSR count). The van der Waals surface area contributed by atoms with Gasteiger partial charge in [-0.25, -0.2) is 4.39 Å². The van der Waals surface area contributed by atoms with Crippen LogP contribution in [0, 0.1) is 11.7 Å². The first-order valence-electron chi connectivity index (χ1n) is 8.88. The predicted octanol–water partition coefficient (Wildman–Crippen LogP) is 4.00. The third-order valence-corrected chi connectivity index (χ3v) is 5.59. The van der Waals surface area contributed by atoms with Crippen molar-refractivity contribution in [2.75, 3.05) is 7.11 Å². The first-order valence-corrected chi connectivity index (χ1v) is 8.88. The van der Waals surface area contributed by atoms with E-state index in [9.17, 15) is 9.50 Å². The maximum atomic E-state index is 13.3. The zero-order valence-electron chi connectivity index (χ0n) is 14.3. The summed E-state index contributed by atoms with van der Waals surface area (Å²) in [6.07, 6.45) is 7.89. The van der Waals surface area contributed by atoms with E-state index in [1.165, 1.54) is 44.2 Å². The summed E-state index contributed by atoms with van der Waals surface area (Å²) < 4.78 is 18.8. The fourth-order valence-corrected chi connectivity index (χ4v) is 4.21. The number of benzene rings is 1. The molecule has 1 heterocycles. The van der Waals surface area contributed by atoms with Gasteiger partial charge in [-0.2, -0.15) is 0 Å². The van der Waals surface area contributed by atoms with E-state index in [1.54, 1.807) is 12.1 Å². The average molecular weight is 358 g/mol. The van der Waals surface area contributed by atoms with Gasteiger partial charge in [-0.1, -0.05) is 12.1 Å². The fourth-order valence-electron chi connectivity index (χ4n) is 4.21. The molecule has 0 aromatic heterocycles. The maximum absolute atomic E-state index is 13.3. The quantitative estimate of drug-likeness (QED) is 0.837. The molecule has 136 valence electrons. The third-order valence-electron chi connectivity index (χ3n) is 5.59. The van der Waals surface area contributed by atoms with Crippen LogP contribution in [0.25, 0.3) is 0 Å². The van der Waals surface area contributed by atoms with Crippen molar-refractivity contribution in [3.63, 3.8) is 0 Å². The van der Waals surface area contributed by atoms with Gasteiger partial charge in [0, 0.05) is 19.2 Å². The second-order valence-corrected chi connectivity index (χ2v) is 7.16. The molecule has 2 aliphatic rings. The van der Waals surface area contributed by atoms with Crippen LogP contribution in [-0.4, -0.2) is 30.4 Å². The smallest absolute Gasteiger partial charge is 0.123 e. The van der Waals surface area contributed by atoms with Crippen LogP contribution in [0.15, 0.2) is 24.3 Å². The number of methoxy groups -OCH3 is 1. The average Bonchev–Trinajstić information content (AvgIpc) is 3.03. The van der Waals surface area contributed by atoms with Crippen LogP contribution < -0.4 is 5.32 Å². The van der Waals surface area contributed by atoms with Gasteiger partial charge in [-0.05, 0) is 68.6 Å². The molecular formula is C19H29ClFNO2. The number of ether oxygens (including phenoxy) is 1. The Morgan fingerprint density at radius 2 is 1.96 bits per heavy atom. The molecule has 1 aliphatic carbocycles. The second kappa shape index (κ2) is 9.14. The molecule has 2 N–H and O–H groups in total. The summed E-state index contributed by atoms with van der Waals surface area (Å²) in [5.74, 6) is 0.481. The Labute approximate surface area is 150 Å². The summed E-state index contributed by atoms with van der Waals surface area (Å²) in [6, 6.07) is 6.83. The Hall–Kier alpha value is -0.680. The van der Waals surface area contributed by atoms with Crippen LogP contribution in [0.3, 0.4) is 0 Å². The number of rotatable bonds is 5. The van der Waals surface area contributed by atoms with Gasteiger partial charge in [0.2, 0.25) is 0 Å². The van der Waals surface area contributed by atoms with Gasteiger partial charge in [-0.3, -0.25) is 0 Å². The lowest BCUT2D eigenvalue weighted by Crippen LogP contribution is -2.35. The van der Waals surface area contributed by atoms with E-state index in [0.717, 1.165) is 18.8 Å². The van der Waals surface area contributed by atoms with Crippen LogP contribution in [0.2, 0.25) is 0 Å². The molecule has 0 unspecified atom stereocenters. The van der Waals surface area contributed by atoms with Crippen molar-refractivity contribution in [2.45, 2.75) is 69.2 Å². The molecule has 1 aromatic rings. The van der Waals surface area contributed by atoms with Gasteiger partial charge in [0.05, 0.1) is 12.2 Å². The number of halogens is 2. The minimum atomic E-state index is -0.625. The Morgan fingerprint density at radius 1 is 1.21 bits per heavy atom. The number of hydrogen-bond acceptors (Lipinski definition) is 3. The first-order chi connectivity index (χ1) is 11.2. The summed E-state index contributed by atoms with van der Waals surface area (Å²) in [5, 5.41) is 14.1. The van der Waals surface area contributed by atoms with Crippen LogP contribution in [-0.2, 0) is 4.74 Å². The van der Waals surface area contributed by atoms with Gasteiger partial charge in [-0.15, -0.1) is 12.4 Å². The van der Waals surface area contributed by atoms with E-state index in [1.807, 2.05) is 7.11 Å². The van der Waals surface area contributed by atoms with Gasteiger partial charge in [0.1, 0.15) is 5.82 Å². The van der Waals surface area contributed by atoms with Crippen molar-refractivity contribution in [1.29, 1.82) is 0 Å². The molecule has 0 radical (unpaired) electrons. The molecule has 0 bridgehead atoms. The molecule has 0 amide bonds. The standard InChI is InChI=1S/C19H28FNO2.ClH/c1-23-17-8-5-13(6-9-17)11-16-7-10-18(21-16)19(22)14-3-2-4-15(20)12-14;/h2-4,12-13,16-19,21-22H,5-11H2,1H3;1H/t13?,16-,17?,18-,19+;/m1./s1. The van der Waals surface area contributed by atoms with Crippen molar-refractivity contribution in [1.82, 2.24) is 5.32 Å². The van der Waals surface area contributed by atoms with Crippen molar-refractivity contribution in [3.8, 4) is 0 Å².